The first-order valence-electron chi connectivity index (χ1n) is 6.27. The van der Waals surface area contributed by atoms with Gasteiger partial charge in [0.1, 0.15) is 5.84 Å². The maximum absolute atomic E-state index is 4.61. The Morgan fingerprint density at radius 3 is 2.33 bits per heavy atom. The van der Waals surface area contributed by atoms with Crippen LogP contribution < -0.4 is 10.6 Å². The zero-order valence-electron chi connectivity index (χ0n) is 10.8. The lowest BCUT2D eigenvalue weighted by atomic mass is 10.4. The third kappa shape index (κ3) is 7.56. The topological polar surface area (TPSA) is 36.4 Å². The summed E-state index contributed by atoms with van der Waals surface area (Å²) in [5.41, 5.74) is 0.489. The van der Waals surface area contributed by atoms with Crippen LogP contribution in [0.15, 0.2) is 4.99 Å². The van der Waals surface area contributed by atoms with E-state index in [2.05, 4.69) is 36.4 Å². The minimum Gasteiger partial charge on any atom is -0.373 e. The van der Waals surface area contributed by atoms with E-state index in [4.69, 9.17) is 0 Å². The molecule has 0 aliphatic carbocycles. The lowest BCUT2D eigenvalue weighted by Crippen LogP contribution is -2.45. The van der Waals surface area contributed by atoms with Gasteiger partial charge in [0.15, 0.2) is 0 Å². The summed E-state index contributed by atoms with van der Waals surface area (Å²) < 4.78 is 0. The molecule has 0 rings (SSSR count). The quantitative estimate of drug-likeness (QED) is 0.361. The number of nitrogens with zero attached hydrogens (tertiary/aromatic N) is 1. The van der Waals surface area contributed by atoms with Gasteiger partial charge in [0.25, 0.3) is 0 Å². The van der Waals surface area contributed by atoms with Crippen LogP contribution in [-0.4, -0.2) is 41.4 Å². The molecule has 0 aromatic heterocycles. The Kier molecular flexibility index (Phi) is 9.93. The first-order valence-corrected chi connectivity index (χ1v) is 7.43. The summed E-state index contributed by atoms with van der Waals surface area (Å²) in [5, 5.41) is 6.95. The molecule has 0 saturated carbocycles. The van der Waals surface area contributed by atoms with E-state index >= 15 is 0 Å². The maximum Gasteiger partial charge on any atom is 0.109 e. The average Bonchev–Trinajstić information content (AvgIpc) is 2.26. The van der Waals surface area contributed by atoms with E-state index in [1.807, 2.05) is 0 Å². The first-order chi connectivity index (χ1) is 7.26. The Bertz CT molecular complexity index is 171. The molecule has 1 atom stereocenters. The van der Waals surface area contributed by atoms with Crippen LogP contribution >= 0.6 is 0 Å². The molecule has 0 saturated heterocycles. The second-order valence-electron chi connectivity index (χ2n) is 3.87. The number of nitrogens with one attached hydrogen (secondary N) is 2. The predicted molar refractivity (Wildman–Crippen MR) is 72.9 cm³/mol. The normalized spacial score (nSPS) is 14.2. The fourth-order valence-corrected chi connectivity index (χ4v) is 1.96. The van der Waals surface area contributed by atoms with E-state index < -0.39 is 0 Å². The number of hydrogen-bond acceptors (Lipinski definition) is 2. The number of amidine groups is 1. The molecule has 3 nitrogen and oxygen atoms in total. The molecule has 0 radical (unpaired) electrons. The molecular weight excluding hydrogens is 202 g/mol. The molecule has 0 amide bonds. The zero-order chi connectivity index (χ0) is 11.5. The zero-order valence-corrected chi connectivity index (χ0v) is 12.8. The van der Waals surface area contributed by atoms with Gasteiger partial charge in [-0.2, -0.15) is 0 Å². The van der Waals surface area contributed by atoms with Gasteiger partial charge in [-0.15, -0.1) is 0 Å². The van der Waals surface area contributed by atoms with Gasteiger partial charge in [0, 0.05) is 29.0 Å². The van der Waals surface area contributed by atoms with Gasteiger partial charge in [-0.1, -0.05) is 20.8 Å². The summed E-state index contributed by atoms with van der Waals surface area (Å²) in [7, 11) is 1.12. The molecule has 0 aliphatic heterocycles. The van der Waals surface area contributed by atoms with Crippen LogP contribution in [0.2, 0.25) is 0 Å². The summed E-state index contributed by atoms with van der Waals surface area (Å²) in [6.45, 7) is 9.62. The fraction of sp³-hybridized carbons (Fsp3) is 0.909. The SMILES string of the molecule is CCCN=C(NCCC)C([SiH3])NCCC. The molecule has 90 valence electrons. The number of rotatable bonds is 8. The summed E-state index contributed by atoms with van der Waals surface area (Å²) in [6, 6.07) is 0. The minimum absolute atomic E-state index is 0.489. The van der Waals surface area contributed by atoms with E-state index in [0.717, 1.165) is 42.7 Å². The van der Waals surface area contributed by atoms with Crippen molar-refractivity contribution in [2.24, 2.45) is 4.99 Å². The lowest BCUT2D eigenvalue weighted by Gasteiger charge is -2.18. The number of aliphatic imine (C=N–C) groups is 1. The summed E-state index contributed by atoms with van der Waals surface area (Å²) in [6.07, 6.45) is 3.47. The first kappa shape index (κ1) is 14.6. The van der Waals surface area contributed by atoms with Crippen molar-refractivity contribution in [1.29, 1.82) is 0 Å². The highest BCUT2D eigenvalue weighted by Gasteiger charge is 2.07. The van der Waals surface area contributed by atoms with Gasteiger partial charge < -0.3 is 10.6 Å². The monoisotopic (exact) mass is 229 g/mol. The smallest absolute Gasteiger partial charge is 0.109 e. The molecule has 0 aromatic rings. The van der Waals surface area contributed by atoms with Crippen LogP contribution in [0.4, 0.5) is 0 Å². The van der Waals surface area contributed by atoms with Gasteiger partial charge in [-0.3, -0.25) is 4.99 Å². The standard InChI is InChI=1S/C11H27N3Si/c1-4-7-12-10(13-8-5-2)11(15)14-9-6-3/h11,14H,4-9H2,1-3,15H3,(H,12,13). The van der Waals surface area contributed by atoms with Crippen LogP contribution in [-0.2, 0) is 0 Å². The molecule has 0 aromatic carbocycles. The Morgan fingerprint density at radius 1 is 1.13 bits per heavy atom. The fourth-order valence-electron chi connectivity index (χ4n) is 1.29. The molecule has 2 N–H and O–H groups in total. The molecule has 0 aliphatic rings. The van der Waals surface area contributed by atoms with Crippen LogP contribution in [0.3, 0.4) is 0 Å². The highest BCUT2D eigenvalue weighted by Crippen LogP contribution is 1.87. The Morgan fingerprint density at radius 2 is 1.80 bits per heavy atom. The molecule has 0 fully saturated rings. The van der Waals surface area contributed by atoms with Gasteiger partial charge in [0.05, 0.1) is 0 Å². The van der Waals surface area contributed by atoms with E-state index in [1.54, 1.807) is 0 Å². The van der Waals surface area contributed by atoms with Crippen molar-refractivity contribution in [2.75, 3.05) is 19.6 Å². The molecule has 0 spiro atoms. The largest absolute Gasteiger partial charge is 0.373 e. The molecule has 4 heteroatoms. The highest BCUT2D eigenvalue weighted by molar-refractivity contribution is 6.25. The van der Waals surface area contributed by atoms with Crippen LogP contribution in [0.1, 0.15) is 40.0 Å². The summed E-state index contributed by atoms with van der Waals surface area (Å²) in [5.74, 6) is 1.18. The van der Waals surface area contributed by atoms with E-state index in [1.165, 1.54) is 12.3 Å². The number of hydrogen-bond donors (Lipinski definition) is 2. The average molecular weight is 229 g/mol. The van der Waals surface area contributed by atoms with Gasteiger partial charge in [-0.05, 0) is 25.8 Å². The molecule has 15 heavy (non-hydrogen) atoms. The lowest BCUT2D eigenvalue weighted by molar-refractivity contribution is 0.688. The summed E-state index contributed by atoms with van der Waals surface area (Å²) >= 11 is 0. The van der Waals surface area contributed by atoms with Crippen molar-refractivity contribution in [3.63, 3.8) is 0 Å². The van der Waals surface area contributed by atoms with Crippen LogP contribution in [0.5, 0.6) is 0 Å². The van der Waals surface area contributed by atoms with E-state index in [-0.39, 0.29) is 0 Å². The van der Waals surface area contributed by atoms with Gasteiger partial charge >= 0.3 is 0 Å². The van der Waals surface area contributed by atoms with Crippen molar-refractivity contribution in [2.45, 2.75) is 45.7 Å². The summed E-state index contributed by atoms with van der Waals surface area (Å²) in [4.78, 5) is 4.61. The second kappa shape index (κ2) is 10.2. The minimum atomic E-state index is 0.489. The van der Waals surface area contributed by atoms with E-state index in [0.29, 0.717) is 5.67 Å². The molecule has 0 bridgehead atoms. The van der Waals surface area contributed by atoms with Crippen molar-refractivity contribution >= 4 is 16.1 Å². The van der Waals surface area contributed by atoms with Crippen molar-refractivity contribution in [1.82, 2.24) is 10.6 Å². The maximum atomic E-state index is 4.61. The molecule has 0 heterocycles. The van der Waals surface area contributed by atoms with E-state index in [9.17, 15) is 0 Å². The molecular formula is C11H27N3Si. The van der Waals surface area contributed by atoms with Crippen molar-refractivity contribution in [3.8, 4) is 0 Å². The Labute approximate surface area is 97.6 Å². The third-order valence-electron chi connectivity index (χ3n) is 2.17. The van der Waals surface area contributed by atoms with Crippen molar-refractivity contribution in [3.05, 3.63) is 0 Å². The molecule has 1 unspecified atom stereocenters. The highest BCUT2D eigenvalue weighted by atomic mass is 28.1. The predicted octanol–water partition coefficient (Wildman–Crippen LogP) is 0.486. The van der Waals surface area contributed by atoms with Gasteiger partial charge in [0.2, 0.25) is 0 Å². The second-order valence-corrected chi connectivity index (χ2v) is 5.02. The van der Waals surface area contributed by atoms with Gasteiger partial charge in [-0.25, -0.2) is 0 Å². The van der Waals surface area contributed by atoms with Crippen molar-refractivity contribution < 1.29 is 0 Å². The van der Waals surface area contributed by atoms with Crippen LogP contribution in [0, 0.1) is 0 Å². The third-order valence-corrected chi connectivity index (χ3v) is 3.13. The Balaban J connectivity index is 4.07. The van der Waals surface area contributed by atoms with Crippen LogP contribution in [0.25, 0.3) is 0 Å². The Hall–Kier alpha value is -0.353.